The molecular formula is C23H31N2O3+. The number of carbonyl (C=O) groups is 1. The van der Waals surface area contributed by atoms with Gasteiger partial charge in [-0.1, -0.05) is 29.8 Å². The SMILES string of the molecule is COc1cc2c(cc1OC)[C@H]([C@@H](C)NC(C)=O)[NH+](Cc1cccc(C)c1)CC2. The Balaban J connectivity index is 2.00. The summed E-state index contributed by atoms with van der Waals surface area (Å²) in [5.41, 5.74) is 5.09. The number of amides is 1. The number of ether oxygens (including phenoxy) is 2. The van der Waals surface area contributed by atoms with Crippen molar-refractivity contribution in [3.63, 3.8) is 0 Å². The number of hydrogen-bond donors (Lipinski definition) is 2. The lowest BCUT2D eigenvalue weighted by Gasteiger charge is -2.38. The number of methoxy groups -OCH3 is 2. The number of nitrogens with one attached hydrogen (secondary N) is 2. The minimum absolute atomic E-state index is 0.00462. The van der Waals surface area contributed by atoms with Gasteiger partial charge in [0, 0.05) is 24.5 Å². The number of hydrogen-bond acceptors (Lipinski definition) is 3. The highest BCUT2D eigenvalue weighted by Gasteiger charge is 2.36. The molecule has 3 atom stereocenters. The van der Waals surface area contributed by atoms with Crippen LogP contribution in [0.3, 0.4) is 0 Å². The second kappa shape index (κ2) is 8.65. The summed E-state index contributed by atoms with van der Waals surface area (Å²) in [6.07, 6.45) is 0.972. The first kappa shape index (κ1) is 20.2. The summed E-state index contributed by atoms with van der Waals surface area (Å²) in [7, 11) is 3.33. The summed E-state index contributed by atoms with van der Waals surface area (Å²) in [6.45, 7) is 7.72. The first-order valence-electron chi connectivity index (χ1n) is 9.85. The molecule has 1 aliphatic rings. The lowest BCUT2D eigenvalue weighted by atomic mass is 9.87. The van der Waals surface area contributed by atoms with Gasteiger partial charge in [0.05, 0.1) is 26.8 Å². The van der Waals surface area contributed by atoms with Gasteiger partial charge in [-0.05, 0) is 31.5 Å². The minimum Gasteiger partial charge on any atom is -0.493 e. The summed E-state index contributed by atoms with van der Waals surface area (Å²) in [4.78, 5) is 13.2. The number of benzene rings is 2. The van der Waals surface area contributed by atoms with Crippen LogP contribution in [0.25, 0.3) is 0 Å². The second-order valence-corrected chi connectivity index (χ2v) is 7.70. The molecule has 0 fully saturated rings. The molecule has 1 heterocycles. The molecule has 0 saturated heterocycles. The average Bonchev–Trinajstić information content (AvgIpc) is 2.66. The molecule has 0 aliphatic carbocycles. The molecule has 2 aromatic carbocycles. The van der Waals surface area contributed by atoms with Crippen molar-refractivity contribution in [3.05, 3.63) is 58.7 Å². The normalized spacial score (nSPS) is 19.5. The van der Waals surface area contributed by atoms with E-state index in [0.717, 1.165) is 31.0 Å². The maximum Gasteiger partial charge on any atom is 0.217 e. The van der Waals surface area contributed by atoms with E-state index in [4.69, 9.17) is 9.47 Å². The Morgan fingerprint density at radius 1 is 1.21 bits per heavy atom. The Hall–Kier alpha value is -2.53. The van der Waals surface area contributed by atoms with Crippen LogP contribution < -0.4 is 19.7 Å². The maximum absolute atomic E-state index is 11.8. The predicted molar refractivity (Wildman–Crippen MR) is 110 cm³/mol. The Bertz CT molecular complexity index is 850. The molecule has 0 radical (unpaired) electrons. The van der Waals surface area contributed by atoms with Gasteiger partial charge in [-0.3, -0.25) is 4.79 Å². The van der Waals surface area contributed by atoms with Crippen LogP contribution in [0.4, 0.5) is 0 Å². The molecule has 5 nitrogen and oxygen atoms in total. The van der Waals surface area contributed by atoms with Gasteiger partial charge in [0.25, 0.3) is 0 Å². The Morgan fingerprint density at radius 2 is 1.93 bits per heavy atom. The molecule has 2 N–H and O–H groups in total. The quantitative estimate of drug-likeness (QED) is 0.804. The van der Waals surface area contributed by atoms with E-state index in [-0.39, 0.29) is 18.0 Å². The van der Waals surface area contributed by atoms with E-state index >= 15 is 0 Å². The summed E-state index contributed by atoms with van der Waals surface area (Å²) < 4.78 is 11.1. The summed E-state index contributed by atoms with van der Waals surface area (Å²) in [5.74, 6) is 1.49. The first-order chi connectivity index (χ1) is 13.4. The van der Waals surface area contributed by atoms with Crippen molar-refractivity contribution in [1.29, 1.82) is 0 Å². The Kier molecular flexibility index (Phi) is 6.25. The van der Waals surface area contributed by atoms with E-state index < -0.39 is 0 Å². The fraction of sp³-hybridized carbons (Fsp3) is 0.435. The van der Waals surface area contributed by atoms with Crippen LogP contribution in [0.5, 0.6) is 11.5 Å². The fourth-order valence-corrected chi connectivity index (χ4v) is 4.42. The molecule has 1 amide bonds. The molecule has 1 unspecified atom stereocenters. The smallest absolute Gasteiger partial charge is 0.217 e. The van der Waals surface area contributed by atoms with Crippen LogP contribution in [-0.2, 0) is 17.8 Å². The molecule has 150 valence electrons. The molecular weight excluding hydrogens is 352 g/mol. The third-order valence-electron chi connectivity index (χ3n) is 5.58. The van der Waals surface area contributed by atoms with Gasteiger partial charge in [-0.15, -0.1) is 0 Å². The zero-order valence-electron chi connectivity index (χ0n) is 17.5. The molecule has 2 aromatic rings. The monoisotopic (exact) mass is 383 g/mol. The van der Waals surface area contributed by atoms with E-state index in [1.807, 2.05) is 0 Å². The number of carbonyl (C=O) groups excluding carboxylic acids is 1. The highest BCUT2D eigenvalue weighted by Crippen LogP contribution is 2.35. The zero-order valence-corrected chi connectivity index (χ0v) is 17.5. The van der Waals surface area contributed by atoms with Crippen LogP contribution in [0.2, 0.25) is 0 Å². The van der Waals surface area contributed by atoms with E-state index in [1.165, 1.54) is 27.2 Å². The lowest BCUT2D eigenvalue weighted by molar-refractivity contribution is -0.948. The van der Waals surface area contributed by atoms with Crippen molar-refractivity contribution in [2.75, 3.05) is 20.8 Å². The molecule has 1 aliphatic heterocycles. The molecule has 0 aromatic heterocycles. The standard InChI is InChI=1S/C23H30N2O3/c1-15-7-6-8-18(11-15)14-25-10-9-19-12-21(27-4)22(28-5)13-20(19)23(25)16(2)24-17(3)26/h6-8,11-13,16,23H,9-10,14H2,1-5H3,(H,24,26)/p+1/t16-,23+/m1/s1. The molecule has 0 spiro atoms. The molecule has 0 saturated carbocycles. The topological polar surface area (TPSA) is 52.0 Å². The van der Waals surface area contributed by atoms with Gasteiger partial charge in [-0.25, -0.2) is 0 Å². The van der Waals surface area contributed by atoms with Crippen LogP contribution in [0.15, 0.2) is 36.4 Å². The van der Waals surface area contributed by atoms with Gasteiger partial charge in [0.1, 0.15) is 12.6 Å². The number of rotatable bonds is 6. The Morgan fingerprint density at radius 3 is 2.57 bits per heavy atom. The summed E-state index contributed by atoms with van der Waals surface area (Å²) >= 11 is 0. The zero-order chi connectivity index (χ0) is 20.3. The van der Waals surface area contributed by atoms with Crippen LogP contribution >= 0.6 is 0 Å². The minimum atomic E-state index is -0.00462. The van der Waals surface area contributed by atoms with Crippen LogP contribution in [0, 0.1) is 6.92 Å². The van der Waals surface area contributed by atoms with Crippen molar-refractivity contribution in [2.45, 2.75) is 45.8 Å². The summed E-state index contributed by atoms with van der Waals surface area (Å²) in [6, 6.07) is 13.0. The van der Waals surface area contributed by atoms with E-state index in [0.29, 0.717) is 0 Å². The van der Waals surface area contributed by atoms with Crippen molar-refractivity contribution in [2.24, 2.45) is 0 Å². The second-order valence-electron chi connectivity index (χ2n) is 7.70. The largest absolute Gasteiger partial charge is 0.493 e. The summed E-state index contributed by atoms with van der Waals surface area (Å²) in [5, 5.41) is 3.11. The van der Waals surface area contributed by atoms with Crippen molar-refractivity contribution >= 4 is 5.91 Å². The van der Waals surface area contributed by atoms with E-state index in [9.17, 15) is 4.79 Å². The van der Waals surface area contributed by atoms with Gasteiger partial charge < -0.3 is 19.7 Å². The average molecular weight is 384 g/mol. The van der Waals surface area contributed by atoms with E-state index in [1.54, 1.807) is 21.1 Å². The van der Waals surface area contributed by atoms with Gasteiger partial charge in [0.15, 0.2) is 11.5 Å². The lowest BCUT2D eigenvalue weighted by Crippen LogP contribution is -3.13. The highest BCUT2D eigenvalue weighted by molar-refractivity contribution is 5.73. The van der Waals surface area contributed by atoms with Crippen molar-refractivity contribution < 1.29 is 19.2 Å². The first-order valence-corrected chi connectivity index (χ1v) is 9.85. The molecule has 0 bridgehead atoms. The third kappa shape index (κ3) is 4.30. The van der Waals surface area contributed by atoms with Gasteiger partial charge in [0.2, 0.25) is 5.91 Å². The van der Waals surface area contributed by atoms with Crippen molar-refractivity contribution in [3.8, 4) is 11.5 Å². The molecule has 3 rings (SSSR count). The van der Waals surface area contributed by atoms with Gasteiger partial charge >= 0.3 is 0 Å². The number of quaternary nitrogens is 1. The Labute approximate surface area is 167 Å². The number of aryl methyl sites for hydroxylation is 1. The third-order valence-corrected chi connectivity index (χ3v) is 5.58. The predicted octanol–water partition coefficient (Wildman–Crippen LogP) is 2.22. The van der Waals surface area contributed by atoms with Crippen LogP contribution in [-0.4, -0.2) is 32.7 Å². The molecule has 5 heteroatoms. The van der Waals surface area contributed by atoms with E-state index in [2.05, 4.69) is 55.6 Å². The fourth-order valence-electron chi connectivity index (χ4n) is 4.42. The highest BCUT2D eigenvalue weighted by atomic mass is 16.5. The maximum atomic E-state index is 11.8. The van der Waals surface area contributed by atoms with Gasteiger partial charge in [-0.2, -0.15) is 0 Å². The van der Waals surface area contributed by atoms with Crippen molar-refractivity contribution in [1.82, 2.24) is 5.32 Å². The number of fused-ring (bicyclic) bond motifs is 1. The van der Waals surface area contributed by atoms with Crippen LogP contribution in [0.1, 0.15) is 42.1 Å². The molecule has 28 heavy (non-hydrogen) atoms.